The van der Waals surface area contributed by atoms with E-state index < -0.39 is 0 Å². The van der Waals surface area contributed by atoms with Gasteiger partial charge in [0.1, 0.15) is 22.7 Å². The smallest absolute Gasteiger partial charge is 0.233 e. The van der Waals surface area contributed by atoms with E-state index in [2.05, 4.69) is 45.1 Å². The largest absolute Gasteiger partial charge is 0.473 e. The summed E-state index contributed by atoms with van der Waals surface area (Å²) in [4.78, 5) is 8.38. The third-order valence-electron chi connectivity index (χ3n) is 3.03. The molecule has 2 heterocycles. The van der Waals surface area contributed by atoms with Crippen LogP contribution in [0, 0.1) is 0 Å². The van der Waals surface area contributed by atoms with Crippen LogP contribution in [0.2, 0.25) is 0 Å². The Bertz CT molecular complexity index is 420. The topological polar surface area (TPSA) is 56.3 Å². The van der Waals surface area contributed by atoms with Gasteiger partial charge in [0.2, 0.25) is 5.88 Å². The summed E-state index contributed by atoms with van der Waals surface area (Å²) in [6, 6.07) is 0. The minimum absolute atomic E-state index is 0.138. The van der Waals surface area contributed by atoms with Gasteiger partial charge in [-0.05, 0) is 36.7 Å². The molecule has 2 unspecified atom stereocenters. The number of nitrogens with zero attached hydrogens (tertiary/aromatic N) is 2. The normalized spacial score (nSPS) is 27.1. The van der Waals surface area contributed by atoms with E-state index in [0.29, 0.717) is 5.88 Å². The molecule has 1 fully saturated rings. The molecule has 0 bridgehead atoms. The van der Waals surface area contributed by atoms with E-state index in [-0.39, 0.29) is 18.3 Å². The van der Waals surface area contributed by atoms with Gasteiger partial charge in [0.25, 0.3) is 0 Å². The minimum atomic E-state index is 0.138. The van der Waals surface area contributed by atoms with Crippen molar-refractivity contribution in [1.82, 2.24) is 9.97 Å². The Balaban J connectivity index is 2.08. The van der Waals surface area contributed by atoms with Gasteiger partial charge in [-0.3, -0.25) is 0 Å². The van der Waals surface area contributed by atoms with Crippen LogP contribution < -0.4 is 10.1 Å². The molecule has 5 nitrogen and oxygen atoms in total. The number of ether oxygens (including phenoxy) is 2. The van der Waals surface area contributed by atoms with Crippen molar-refractivity contribution in [2.24, 2.45) is 0 Å². The van der Waals surface area contributed by atoms with E-state index in [4.69, 9.17) is 9.47 Å². The lowest BCUT2D eigenvalue weighted by Gasteiger charge is -2.32. The van der Waals surface area contributed by atoms with E-state index >= 15 is 0 Å². The molecule has 0 saturated carbocycles. The molecular weight excluding hydrogens is 310 g/mol. The van der Waals surface area contributed by atoms with Crippen LogP contribution in [0.1, 0.15) is 33.6 Å². The van der Waals surface area contributed by atoms with Crippen LogP contribution in [-0.2, 0) is 4.74 Å². The molecule has 0 aliphatic carbocycles. The molecule has 2 rings (SSSR count). The first-order chi connectivity index (χ1) is 9.10. The van der Waals surface area contributed by atoms with Crippen LogP contribution >= 0.6 is 15.9 Å². The lowest BCUT2D eigenvalue weighted by molar-refractivity contribution is -0.0731. The molecule has 1 aromatic rings. The summed E-state index contributed by atoms with van der Waals surface area (Å²) in [6.07, 6.45) is 3.88. The first-order valence-corrected chi connectivity index (χ1v) is 7.46. The van der Waals surface area contributed by atoms with Gasteiger partial charge in [-0.1, -0.05) is 0 Å². The summed E-state index contributed by atoms with van der Waals surface area (Å²) >= 11 is 3.50. The maximum Gasteiger partial charge on any atom is 0.233 e. The van der Waals surface area contributed by atoms with Crippen molar-refractivity contribution in [2.75, 3.05) is 11.9 Å². The molecular formula is C13H20BrN3O2. The van der Waals surface area contributed by atoms with Gasteiger partial charge in [-0.25, -0.2) is 9.97 Å². The minimum Gasteiger partial charge on any atom is -0.473 e. The molecule has 0 aromatic carbocycles. The molecule has 0 spiro atoms. The van der Waals surface area contributed by atoms with Crippen molar-refractivity contribution in [3.63, 3.8) is 0 Å². The Morgan fingerprint density at radius 1 is 1.37 bits per heavy atom. The summed E-state index contributed by atoms with van der Waals surface area (Å²) < 4.78 is 12.5. The summed E-state index contributed by atoms with van der Waals surface area (Å²) in [5.74, 6) is 1.36. The van der Waals surface area contributed by atoms with E-state index in [0.717, 1.165) is 29.7 Å². The SMILES string of the molecule is CCNc1ncnc(OC2CC(C)OC(C)C2)c1Br. The van der Waals surface area contributed by atoms with Crippen LogP contribution in [0.4, 0.5) is 5.82 Å². The zero-order valence-corrected chi connectivity index (χ0v) is 13.1. The standard InChI is InChI=1S/C13H20BrN3O2/c1-4-15-12-11(14)13(17-7-16-12)19-10-5-8(2)18-9(3)6-10/h7-10H,4-6H2,1-3H3,(H,15,16,17). The monoisotopic (exact) mass is 329 g/mol. The first-order valence-electron chi connectivity index (χ1n) is 6.66. The molecule has 1 N–H and O–H groups in total. The van der Waals surface area contributed by atoms with Crippen LogP contribution in [-0.4, -0.2) is 34.8 Å². The quantitative estimate of drug-likeness (QED) is 0.920. The van der Waals surface area contributed by atoms with Crippen molar-refractivity contribution in [3.05, 3.63) is 10.8 Å². The number of hydrogen-bond donors (Lipinski definition) is 1. The molecule has 1 aromatic heterocycles. The molecule has 2 atom stereocenters. The Kier molecular flexibility index (Phi) is 4.99. The average Bonchev–Trinajstić information content (AvgIpc) is 2.33. The molecule has 6 heteroatoms. The third kappa shape index (κ3) is 3.79. The van der Waals surface area contributed by atoms with Gasteiger partial charge < -0.3 is 14.8 Å². The van der Waals surface area contributed by atoms with Gasteiger partial charge in [-0.2, -0.15) is 0 Å². The Labute approximate surface area is 122 Å². The molecule has 1 aliphatic rings. The maximum absolute atomic E-state index is 6.00. The van der Waals surface area contributed by atoms with Gasteiger partial charge in [0.15, 0.2) is 0 Å². The zero-order valence-electron chi connectivity index (χ0n) is 11.5. The lowest BCUT2D eigenvalue weighted by atomic mass is 10.0. The number of anilines is 1. The highest BCUT2D eigenvalue weighted by atomic mass is 79.9. The fourth-order valence-electron chi connectivity index (χ4n) is 2.32. The van der Waals surface area contributed by atoms with Crippen molar-refractivity contribution in [2.45, 2.75) is 51.9 Å². The second kappa shape index (κ2) is 6.52. The van der Waals surface area contributed by atoms with Gasteiger partial charge in [0, 0.05) is 19.4 Å². The fraction of sp³-hybridized carbons (Fsp3) is 0.692. The summed E-state index contributed by atoms with van der Waals surface area (Å²) in [5, 5.41) is 3.17. The summed E-state index contributed by atoms with van der Waals surface area (Å²) in [5.41, 5.74) is 0. The average molecular weight is 330 g/mol. The summed E-state index contributed by atoms with van der Waals surface area (Å²) in [7, 11) is 0. The highest BCUT2D eigenvalue weighted by Crippen LogP contribution is 2.31. The Morgan fingerprint density at radius 2 is 2.05 bits per heavy atom. The Hall–Kier alpha value is -0.880. The molecule has 0 radical (unpaired) electrons. The van der Waals surface area contributed by atoms with Gasteiger partial charge in [-0.15, -0.1) is 0 Å². The number of hydrogen-bond acceptors (Lipinski definition) is 5. The predicted octanol–water partition coefficient (Wildman–Crippen LogP) is 3.01. The zero-order chi connectivity index (χ0) is 13.8. The first kappa shape index (κ1) is 14.5. The van der Waals surface area contributed by atoms with Gasteiger partial charge >= 0.3 is 0 Å². The number of aromatic nitrogens is 2. The fourth-order valence-corrected chi connectivity index (χ4v) is 2.76. The molecule has 106 valence electrons. The number of rotatable bonds is 4. The van der Waals surface area contributed by atoms with E-state index in [1.807, 2.05) is 6.92 Å². The van der Waals surface area contributed by atoms with E-state index in [9.17, 15) is 0 Å². The molecule has 1 aliphatic heterocycles. The van der Waals surface area contributed by atoms with Gasteiger partial charge in [0.05, 0.1) is 12.2 Å². The lowest BCUT2D eigenvalue weighted by Crippen LogP contribution is -2.36. The second-order valence-electron chi connectivity index (χ2n) is 4.84. The van der Waals surface area contributed by atoms with Crippen LogP contribution in [0.25, 0.3) is 0 Å². The number of halogens is 1. The summed E-state index contributed by atoms with van der Waals surface area (Å²) in [6.45, 7) is 6.98. The molecule has 0 amide bonds. The van der Waals surface area contributed by atoms with Crippen LogP contribution in [0.15, 0.2) is 10.8 Å². The second-order valence-corrected chi connectivity index (χ2v) is 5.63. The van der Waals surface area contributed by atoms with E-state index in [1.54, 1.807) is 0 Å². The highest BCUT2D eigenvalue weighted by Gasteiger charge is 2.27. The Morgan fingerprint density at radius 3 is 2.68 bits per heavy atom. The van der Waals surface area contributed by atoms with Crippen molar-refractivity contribution in [3.8, 4) is 5.88 Å². The van der Waals surface area contributed by atoms with Crippen molar-refractivity contribution in [1.29, 1.82) is 0 Å². The maximum atomic E-state index is 6.00. The van der Waals surface area contributed by atoms with Crippen molar-refractivity contribution >= 4 is 21.7 Å². The number of nitrogens with one attached hydrogen (secondary N) is 1. The van der Waals surface area contributed by atoms with Crippen LogP contribution in [0.3, 0.4) is 0 Å². The highest BCUT2D eigenvalue weighted by molar-refractivity contribution is 9.10. The molecule has 1 saturated heterocycles. The van der Waals surface area contributed by atoms with Crippen molar-refractivity contribution < 1.29 is 9.47 Å². The predicted molar refractivity (Wildman–Crippen MR) is 77.6 cm³/mol. The van der Waals surface area contributed by atoms with E-state index in [1.165, 1.54) is 6.33 Å². The van der Waals surface area contributed by atoms with Crippen LogP contribution in [0.5, 0.6) is 5.88 Å². The third-order valence-corrected chi connectivity index (χ3v) is 3.75. The molecule has 19 heavy (non-hydrogen) atoms.